The van der Waals surface area contributed by atoms with Crippen molar-refractivity contribution in [2.75, 3.05) is 12.4 Å². The lowest BCUT2D eigenvalue weighted by Crippen LogP contribution is -2.12. The van der Waals surface area contributed by atoms with Crippen molar-refractivity contribution in [3.8, 4) is 11.5 Å². The fraction of sp³-hybridized carbons (Fsp3) is 0.300. The number of anilines is 2. The molecule has 27 heavy (non-hydrogen) atoms. The van der Waals surface area contributed by atoms with E-state index in [9.17, 15) is 0 Å². The fourth-order valence-corrected chi connectivity index (χ4v) is 3.87. The van der Waals surface area contributed by atoms with Gasteiger partial charge in [0.15, 0.2) is 11.5 Å². The van der Waals surface area contributed by atoms with Crippen LogP contribution < -0.4 is 14.8 Å². The molecule has 140 valence electrons. The molecule has 4 rings (SSSR count). The van der Waals surface area contributed by atoms with E-state index in [4.69, 9.17) is 32.7 Å². The molecule has 0 unspecified atom stereocenters. The Balaban J connectivity index is 1.79. The van der Waals surface area contributed by atoms with E-state index in [0.29, 0.717) is 27.3 Å². The lowest BCUT2D eigenvalue weighted by atomic mass is 10.1. The van der Waals surface area contributed by atoms with Gasteiger partial charge in [0.2, 0.25) is 0 Å². The Hall–Kier alpha value is -2.24. The van der Waals surface area contributed by atoms with E-state index in [0.717, 1.165) is 29.4 Å². The molecular formula is C20H19Cl2N3O2. The number of hydrogen-bond donors (Lipinski definition) is 1. The Labute approximate surface area is 167 Å². The van der Waals surface area contributed by atoms with Gasteiger partial charge in [0, 0.05) is 29.4 Å². The molecule has 0 saturated heterocycles. The largest absolute Gasteiger partial charge is 0.493 e. The van der Waals surface area contributed by atoms with E-state index in [1.165, 1.54) is 12.8 Å². The highest BCUT2D eigenvalue weighted by Gasteiger charge is 2.21. The topological polar surface area (TPSA) is 56.3 Å². The number of hydrogen-bond acceptors (Lipinski definition) is 5. The quantitative estimate of drug-likeness (QED) is 0.564. The number of pyridine rings is 2. The van der Waals surface area contributed by atoms with Gasteiger partial charge in [-0.3, -0.25) is 4.98 Å². The minimum absolute atomic E-state index is 0.221. The van der Waals surface area contributed by atoms with Gasteiger partial charge in [-0.1, -0.05) is 23.2 Å². The van der Waals surface area contributed by atoms with Crippen LogP contribution in [0, 0.1) is 0 Å². The lowest BCUT2D eigenvalue weighted by molar-refractivity contribution is 0.203. The monoisotopic (exact) mass is 403 g/mol. The van der Waals surface area contributed by atoms with Gasteiger partial charge in [0.05, 0.1) is 28.9 Å². The molecule has 0 spiro atoms. The van der Waals surface area contributed by atoms with E-state index in [1.807, 2.05) is 18.2 Å². The molecule has 1 fully saturated rings. The van der Waals surface area contributed by atoms with Crippen LogP contribution in [-0.2, 0) is 0 Å². The lowest BCUT2D eigenvalue weighted by Gasteiger charge is -2.19. The summed E-state index contributed by atoms with van der Waals surface area (Å²) < 4.78 is 11.9. The first-order valence-corrected chi connectivity index (χ1v) is 9.61. The van der Waals surface area contributed by atoms with Crippen molar-refractivity contribution in [1.82, 2.24) is 9.97 Å². The molecule has 3 aromatic rings. The van der Waals surface area contributed by atoms with Crippen LogP contribution in [0.5, 0.6) is 11.5 Å². The van der Waals surface area contributed by atoms with Gasteiger partial charge < -0.3 is 14.8 Å². The van der Waals surface area contributed by atoms with Crippen LogP contribution in [0.4, 0.5) is 11.5 Å². The van der Waals surface area contributed by atoms with E-state index < -0.39 is 0 Å². The first-order chi connectivity index (χ1) is 13.2. The molecule has 0 aliphatic heterocycles. The molecule has 1 N–H and O–H groups in total. The average Bonchev–Trinajstić information content (AvgIpc) is 3.18. The summed E-state index contributed by atoms with van der Waals surface area (Å²) in [4.78, 5) is 8.45. The summed E-state index contributed by atoms with van der Waals surface area (Å²) in [5.41, 5.74) is 0.572. The van der Waals surface area contributed by atoms with Crippen LogP contribution >= 0.6 is 23.2 Å². The number of methoxy groups -OCH3 is 1. The summed E-state index contributed by atoms with van der Waals surface area (Å²) >= 11 is 12.5. The number of aromatic nitrogens is 2. The smallest absolute Gasteiger partial charge is 0.169 e. The van der Waals surface area contributed by atoms with Gasteiger partial charge in [0.1, 0.15) is 5.82 Å². The summed E-state index contributed by atoms with van der Waals surface area (Å²) in [7, 11) is 1.65. The summed E-state index contributed by atoms with van der Waals surface area (Å²) in [6.07, 6.45) is 9.57. The predicted octanol–water partition coefficient (Wildman–Crippen LogP) is 6.01. The Kier molecular flexibility index (Phi) is 5.23. The maximum absolute atomic E-state index is 6.32. The van der Waals surface area contributed by atoms with Crippen molar-refractivity contribution in [3.05, 3.63) is 46.8 Å². The Morgan fingerprint density at radius 1 is 1.04 bits per heavy atom. The van der Waals surface area contributed by atoms with Crippen LogP contribution in [0.15, 0.2) is 36.8 Å². The Bertz CT molecular complexity index is 955. The maximum Gasteiger partial charge on any atom is 0.169 e. The minimum Gasteiger partial charge on any atom is -0.493 e. The number of benzene rings is 1. The highest BCUT2D eigenvalue weighted by atomic mass is 35.5. The van der Waals surface area contributed by atoms with Crippen molar-refractivity contribution in [3.63, 3.8) is 0 Å². The van der Waals surface area contributed by atoms with Crippen molar-refractivity contribution < 1.29 is 9.47 Å². The molecule has 5 nitrogen and oxygen atoms in total. The number of rotatable bonds is 5. The third kappa shape index (κ3) is 3.62. The molecule has 0 bridgehead atoms. The maximum atomic E-state index is 6.32. The van der Waals surface area contributed by atoms with Gasteiger partial charge in [-0.15, -0.1) is 0 Å². The normalized spacial score (nSPS) is 14.5. The van der Waals surface area contributed by atoms with Crippen LogP contribution in [0.25, 0.3) is 10.8 Å². The van der Waals surface area contributed by atoms with Crippen LogP contribution in [0.2, 0.25) is 10.0 Å². The number of nitrogens with zero attached hydrogens (tertiary/aromatic N) is 2. The standard InChI is InChI=1S/C20H19Cl2N3O2/c1-26-17-7-6-14-13(19(17)27-12-4-2-3-5-12)8-9-24-20(14)25-18-15(21)10-23-11-16(18)22/h6-12H,2-5H2,1H3,(H,23,24,25). The van der Waals surface area contributed by atoms with Crippen molar-refractivity contribution in [2.24, 2.45) is 0 Å². The SMILES string of the molecule is COc1ccc2c(Nc3c(Cl)cncc3Cl)nccc2c1OC1CCCC1. The van der Waals surface area contributed by atoms with Gasteiger partial charge in [0.25, 0.3) is 0 Å². The van der Waals surface area contributed by atoms with E-state index in [1.54, 1.807) is 25.7 Å². The molecule has 1 aromatic carbocycles. The average molecular weight is 404 g/mol. The van der Waals surface area contributed by atoms with Crippen molar-refractivity contribution >= 4 is 45.5 Å². The van der Waals surface area contributed by atoms with Gasteiger partial charge in [-0.25, -0.2) is 4.98 Å². The zero-order valence-corrected chi connectivity index (χ0v) is 16.3. The summed E-state index contributed by atoms with van der Waals surface area (Å²) in [6.45, 7) is 0. The van der Waals surface area contributed by atoms with Crippen LogP contribution in [0.1, 0.15) is 25.7 Å². The second-order valence-electron chi connectivity index (χ2n) is 6.48. The Morgan fingerprint density at radius 3 is 2.48 bits per heavy atom. The number of fused-ring (bicyclic) bond motifs is 1. The number of nitrogens with one attached hydrogen (secondary N) is 1. The number of halogens is 2. The van der Waals surface area contributed by atoms with Crippen LogP contribution in [-0.4, -0.2) is 23.2 Å². The Morgan fingerprint density at radius 2 is 1.78 bits per heavy atom. The van der Waals surface area contributed by atoms with E-state index >= 15 is 0 Å². The molecule has 2 heterocycles. The van der Waals surface area contributed by atoms with E-state index in [-0.39, 0.29) is 6.10 Å². The molecule has 7 heteroatoms. The first kappa shape index (κ1) is 18.1. The molecule has 1 saturated carbocycles. The van der Waals surface area contributed by atoms with Gasteiger partial charge in [-0.05, 0) is 43.9 Å². The third-order valence-electron chi connectivity index (χ3n) is 4.76. The molecule has 1 aliphatic rings. The van der Waals surface area contributed by atoms with Gasteiger partial charge >= 0.3 is 0 Å². The second-order valence-corrected chi connectivity index (χ2v) is 7.29. The third-order valence-corrected chi connectivity index (χ3v) is 5.34. The second kappa shape index (κ2) is 7.79. The number of ether oxygens (including phenoxy) is 2. The fourth-order valence-electron chi connectivity index (χ4n) is 3.41. The molecular weight excluding hydrogens is 385 g/mol. The molecule has 1 aliphatic carbocycles. The molecule has 2 aromatic heterocycles. The minimum atomic E-state index is 0.221. The predicted molar refractivity (Wildman–Crippen MR) is 109 cm³/mol. The van der Waals surface area contributed by atoms with Crippen LogP contribution in [0.3, 0.4) is 0 Å². The molecule has 0 amide bonds. The molecule has 0 radical (unpaired) electrons. The van der Waals surface area contributed by atoms with Crippen molar-refractivity contribution in [1.29, 1.82) is 0 Å². The summed E-state index contributed by atoms with van der Waals surface area (Å²) in [5.74, 6) is 2.10. The molecule has 0 atom stereocenters. The highest BCUT2D eigenvalue weighted by Crippen LogP contribution is 2.41. The van der Waals surface area contributed by atoms with Crippen molar-refractivity contribution in [2.45, 2.75) is 31.8 Å². The highest BCUT2D eigenvalue weighted by molar-refractivity contribution is 6.39. The zero-order valence-electron chi connectivity index (χ0n) is 14.8. The van der Waals surface area contributed by atoms with E-state index in [2.05, 4.69) is 15.3 Å². The van der Waals surface area contributed by atoms with Gasteiger partial charge in [-0.2, -0.15) is 0 Å². The zero-order chi connectivity index (χ0) is 18.8. The first-order valence-electron chi connectivity index (χ1n) is 8.85. The summed E-state index contributed by atoms with van der Waals surface area (Å²) in [6, 6.07) is 5.78. The summed E-state index contributed by atoms with van der Waals surface area (Å²) in [5, 5.41) is 5.92.